The van der Waals surface area contributed by atoms with Crippen LogP contribution in [-0.2, 0) is 11.3 Å². The van der Waals surface area contributed by atoms with Gasteiger partial charge in [0.15, 0.2) is 5.76 Å². The zero-order valence-electron chi connectivity index (χ0n) is 11.8. The fraction of sp³-hybridized carbons (Fsp3) is 0.0667. The number of anilines is 1. The van der Waals surface area contributed by atoms with E-state index in [4.69, 9.17) is 15.3 Å². The van der Waals surface area contributed by atoms with E-state index in [1.54, 1.807) is 18.2 Å². The fourth-order valence-corrected chi connectivity index (χ4v) is 2.16. The maximum atomic E-state index is 12.0. The SMILES string of the molecule is Nc1ncc(-c2ccn(CC(=O)O)c(=O)c2)c(-c2ccco2)n1. The predicted octanol–water partition coefficient (Wildman–Crippen LogP) is 1.23. The second-order valence-corrected chi connectivity index (χ2v) is 4.74. The van der Waals surface area contributed by atoms with Crippen LogP contribution in [0.5, 0.6) is 0 Å². The van der Waals surface area contributed by atoms with Gasteiger partial charge >= 0.3 is 5.97 Å². The molecule has 3 rings (SSSR count). The van der Waals surface area contributed by atoms with Crippen molar-refractivity contribution < 1.29 is 14.3 Å². The second-order valence-electron chi connectivity index (χ2n) is 4.74. The lowest BCUT2D eigenvalue weighted by Crippen LogP contribution is -2.22. The first kappa shape index (κ1) is 14.5. The summed E-state index contributed by atoms with van der Waals surface area (Å²) in [5.74, 6) is -0.518. The highest BCUT2D eigenvalue weighted by molar-refractivity contribution is 5.78. The molecular weight excluding hydrogens is 300 g/mol. The molecule has 116 valence electrons. The summed E-state index contributed by atoms with van der Waals surface area (Å²) < 4.78 is 6.43. The van der Waals surface area contributed by atoms with Crippen molar-refractivity contribution in [3.8, 4) is 22.6 Å². The molecule has 3 aromatic rings. The number of nitrogens with two attached hydrogens (primary N) is 1. The van der Waals surface area contributed by atoms with Gasteiger partial charge in [-0.2, -0.15) is 0 Å². The minimum atomic E-state index is -1.09. The third-order valence-electron chi connectivity index (χ3n) is 3.17. The van der Waals surface area contributed by atoms with Crippen molar-refractivity contribution in [2.75, 3.05) is 5.73 Å². The molecule has 8 nitrogen and oxygen atoms in total. The van der Waals surface area contributed by atoms with E-state index in [-0.39, 0.29) is 5.95 Å². The lowest BCUT2D eigenvalue weighted by molar-refractivity contribution is -0.137. The van der Waals surface area contributed by atoms with Gasteiger partial charge in [0.2, 0.25) is 5.95 Å². The first-order valence-corrected chi connectivity index (χ1v) is 6.63. The number of carbonyl (C=O) groups is 1. The lowest BCUT2D eigenvalue weighted by atomic mass is 10.1. The summed E-state index contributed by atoms with van der Waals surface area (Å²) in [6.45, 7) is -0.400. The quantitative estimate of drug-likeness (QED) is 0.742. The van der Waals surface area contributed by atoms with Crippen molar-refractivity contribution in [3.63, 3.8) is 0 Å². The van der Waals surface area contributed by atoms with E-state index in [1.165, 1.54) is 24.7 Å². The summed E-state index contributed by atoms with van der Waals surface area (Å²) in [6.07, 6.45) is 4.41. The maximum absolute atomic E-state index is 12.0. The van der Waals surface area contributed by atoms with Crippen molar-refractivity contribution in [3.05, 3.63) is 53.3 Å². The summed E-state index contributed by atoms with van der Waals surface area (Å²) in [4.78, 5) is 30.9. The average molecular weight is 312 g/mol. The van der Waals surface area contributed by atoms with Crippen LogP contribution >= 0.6 is 0 Å². The van der Waals surface area contributed by atoms with Crippen molar-refractivity contribution in [2.45, 2.75) is 6.54 Å². The lowest BCUT2D eigenvalue weighted by Gasteiger charge is -2.08. The predicted molar refractivity (Wildman–Crippen MR) is 81.5 cm³/mol. The summed E-state index contributed by atoms with van der Waals surface area (Å²) in [6, 6.07) is 6.37. The highest BCUT2D eigenvalue weighted by Crippen LogP contribution is 2.29. The molecule has 0 amide bonds. The van der Waals surface area contributed by atoms with E-state index in [0.29, 0.717) is 22.6 Å². The van der Waals surface area contributed by atoms with Crippen LogP contribution < -0.4 is 11.3 Å². The van der Waals surface area contributed by atoms with Crippen molar-refractivity contribution in [1.29, 1.82) is 0 Å². The fourth-order valence-electron chi connectivity index (χ4n) is 2.16. The maximum Gasteiger partial charge on any atom is 0.323 e. The van der Waals surface area contributed by atoms with Gasteiger partial charge in [-0.05, 0) is 23.8 Å². The van der Waals surface area contributed by atoms with Crippen LogP contribution in [0.3, 0.4) is 0 Å². The molecule has 0 atom stereocenters. The van der Waals surface area contributed by atoms with Crippen LogP contribution in [0.1, 0.15) is 0 Å². The molecule has 3 aromatic heterocycles. The Kier molecular flexibility index (Phi) is 3.63. The molecule has 0 spiro atoms. The number of nitrogens with zero attached hydrogens (tertiary/aromatic N) is 3. The average Bonchev–Trinajstić information content (AvgIpc) is 3.03. The smallest absolute Gasteiger partial charge is 0.323 e. The van der Waals surface area contributed by atoms with Gasteiger partial charge in [-0.15, -0.1) is 0 Å². The summed E-state index contributed by atoms with van der Waals surface area (Å²) in [7, 11) is 0. The van der Waals surface area contributed by atoms with E-state index in [2.05, 4.69) is 9.97 Å². The van der Waals surface area contributed by atoms with E-state index in [1.807, 2.05) is 0 Å². The van der Waals surface area contributed by atoms with Crippen LogP contribution in [0.2, 0.25) is 0 Å². The number of rotatable bonds is 4. The highest BCUT2D eigenvalue weighted by atomic mass is 16.4. The monoisotopic (exact) mass is 312 g/mol. The Morgan fingerprint density at radius 2 is 2.22 bits per heavy atom. The Hall–Kier alpha value is -3.42. The number of aromatic nitrogens is 3. The van der Waals surface area contributed by atoms with E-state index in [0.717, 1.165) is 4.57 Å². The van der Waals surface area contributed by atoms with Crippen molar-refractivity contribution >= 4 is 11.9 Å². The number of carboxylic acid groups (broad SMARTS) is 1. The molecule has 0 bridgehead atoms. The molecule has 3 heterocycles. The standard InChI is InChI=1S/C15H12N4O4/c16-15-17-7-10(14(18-15)11-2-1-5-23-11)9-3-4-19(8-13(21)22)12(20)6-9/h1-7H,8H2,(H,21,22)(H2,16,17,18). The van der Waals surface area contributed by atoms with Crippen LogP contribution in [0, 0.1) is 0 Å². The zero-order valence-corrected chi connectivity index (χ0v) is 11.8. The Morgan fingerprint density at radius 1 is 1.39 bits per heavy atom. The number of hydrogen-bond donors (Lipinski definition) is 2. The normalized spacial score (nSPS) is 10.6. The number of furan rings is 1. The number of hydrogen-bond acceptors (Lipinski definition) is 6. The largest absolute Gasteiger partial charge is 0.480 e. The number of nitrogen functional groups attached to an aromatic ring is 1. The first-order chi connectivity index (χ1) is 11.0. The van der Waals surface area contributed by atoms with Gasteiger partial charge in [0, 0.05) is 24.0 Å². The van der Waals surface area contributed by atoms with Crippen LogP contribution in [-0.4, -0.2) is 25.6 Å². The van der Waals surface area contributed by atoms with Crippen LogP contribution in [0.15, 0.2) is 52.1 Å². The molecule has 0 radical (unpaired) electrons. The molecule has 8 heteroatoms. The molecule has 0 unspecified atom stereocenters. The number of aliphatic carboxylic acids is 1. The van der Waals surface area contributed by atoms with Gasteiger partial charge in [0.05, 0.1) is 6.26 Å². The van der Waals surface area contributed by atoms with Crippen molar-refractivity contribution in [1.82, 2.24) is 14.5 Å². The molecule has 0 aliphatic carbocycles. The molecular formula is C15H12N4O4. The molecule has 0 aromatic carbocycles. The van der Waals surface area contributed by atoms with Gasteiger partial charge in [-0.25, -0.2) is 9.97 Å². The first-order valence-electron chi connectivity index (χ1n) is 6.63. The van der Waals surface area contributed by atoms with Crippen LogP contribution in [0.4, 0.5) is 5.95 Å². The second kappa shape index (κ2) is 5.76. The molecule has 0 saturated heterocycles. The van der Waals surface area contributed by atoms with Gasteiger partial charge < -0.3 is 19.8 Å². The Morgan fingerprint density at radius 3 is 2.87 bits per heavy atom. The molecule has 0 saturated carbocycles. The number of carboxylic acids is 1. The molecule has 0 aliphatic heterocycles. The topological polar surface area (TPSA) is 124 Å². The third-order valence-corrected chi connectivity index (χ3v) is 3.17. The highest BCUT2D eigenvalue weighted by Gasteiger charge is 2.14. The summed E-state index contributed by atoms with van der Waals surface area (Å²) >= 11 is 0. The Labute approximate surface area is 129 Å². The minimum absolute atomic E-state index is 0.0827. The van der Waals surface area contributed by atoms with E-state index >= 15 is 0 Å². The summed E-state index contributed by atoms with van der Waals surface area (Å²) in [5.41, 5.74) is 6.75. The van der Waals surface area contributed by atoms with Crippen LogP contribution in [0.25, 0.3) is 22.6 Å². The number of pyridine rings is 1. The van der Waals surface area contributed by atoms with Crippen molar-refractivity contribution in [2.24, 2.45) is 0 Å². The van der Waals surface area contributed by atoms with E-state index < -0.39 is 18.1 Å². The third kappa shape index (κ3) is 2.95. The van der Waals surface area contributed by atoms with Gasteiger partial charge in [-0.1, -0.05) is 0 Å². The minimum Gasteiger partial charge on any atom is -0.480 e. The van der Waals surface area contributed by atoms with E-state index in [9.17, 15) is 9.59 Å². The Balaban J connectivity index is 2.11. The summed E-state index contributed by atoms with van der Waals surface area (Å²) in [5, 5.41) is 8.77. The zero-order chi connectivity index (χ0) is 16.4. The van der Waals surface area contributed by atoms with Gasteiger partial charge in [0.25, 0.3) is 5.56 Å². The molecule has 3 N–H and O–H groups in total. The molecule has 0 aliphatic rings. The molecule has 23 heavy (non-hydrogen) atoms. The molecule has 0 fully saturated rings. The van der Waals surface area contributed by atoms with Gasteiger partial charge in [-0.3, -0.25) is 9.59 Å². The Bertz CT molecular complexity index is 915. The van der Waals surface area contributed by atoms with Gasteiger partial charge in [0.1, 0.15) is 12.2 Å².